The van der Waals surface area contributed by atoms with Gasteiger partial charge in [0.1, 0.15) is 23.3 Å². The molecular weight excluding hydrogens is 830 g/mol. The number of rotatable bonds is 6. The Morgan fingerprint density at radius 1 is 0.651 bits per heavy atom. The lowest BCUT2D eigenvalue weighted by Gasteiger charge is -2.32. The van der Waals surface area contributed by atoms with Gasteiger partial charge in [0, 0.05) is 62.2 Å². The number of anilines is 4. The number of hydrogen-bond donors (Lipinski definition) is 1. The van der Waals surface area contributed by atoms with Crippen LogP contribution in [0.3, 0.4) is 0 Å². The van der Waals surface area contributed by atoms with E-state index in [4.69, 9.17) is 31.0 Å². The highest BCUT2D eigenvalue weighted by Gasteiger charge is 2.24. The van der Waals surface area contributed by atoms with Crippen LogP contribution in [0.25, 0.3) is 44.5 Å². The van der Waals surface area contributed by atoms with Gasteiger partial charge in [-0.3, -0.25) is 4.98 Å². The molecule has 4 aromatic heterocycles. The lowest BCUT2D eigenvalue weighted by Crippen LogP contribution is -2.38. The van der Waals surface area contributed by atoms with Crippen molar-refractivity contribution in [2.45, 2.75) is 47.0 Å². The molecule has 6 heterocycles. The molecule has 63 heavy (non-hydrogen) atoms. The van der Waals surface area contributed by atoms with Gasteiger partial charge >= 0.3 is 0 Å². The molecule has 0 atom stereocenters. The van der Waals surface area contributed by atoms with E-state index >= 15 is 4.39 Å². The maximum atomic E-state index is 15.5. The first-order valence-corrected chi connectivity index (χ1v) is 21.2. The molecule has 0 aliphatic carbocycles. The van der Waals surface area contributed by atoms with Crippen molar-refractivity contribution in [1.29, 1.82) is 0 Å². The maximum absolute atomic E-state index is 15.5. The molecule has 7 aromatic rings. The fraction of sp³-hybridized carbons (Fsp3) is 0.306. The number of nitrogens with zero attached hydrogens (tertiary/aromatic N) is 6. The number of halogens is 5. The third-order valence-corrected chi connectivity index (χ3v) is 11.9. The summed E-state index contributed by atoms with van der Waals surface area (Å²) >= 11 is 6.24. The lowest BCUT2D eigenvalue weighted by molar-refractivity contribution is 0.122. The molecule has 0 amide bonds. The molecule has 9 nitrogen and oxygen atoms in total. The van der Waals surface area contributed by atoms with E-state index in [0.29, 0.717) is 67.8 Å². The Bertz CT molecular complexity index is 2810. The number of benzene rings is 3. The minimum absolute atomic E-state index is 0.00223. The van der Waals surface area contributed by atoms with Crippen LogP contribution in [0.2, 0.25) is 5.02 Å². The predicted molar refractivity (Wildman–Crippen MR) is 243 cm³/mol. The lowest BCUT2D eigenvalue weighted by atomic mass is 9.86. The van der Waals surface area contributed by atoms with E-state index in [1.165, 1.54) is 17.7 Å². The number of pyridine rings is 4. The molecule has 14 heteroatoms. The quantitative estimate of drug-likeness (QED) is 0.164. The largest absolute Gasteiger partial charge is 0.378 e. The zero-order valence-corrected chi connectivity index (χ0v) is 36.8. The van der Waals surface area contributed by atoms with Gasteiger partial charge in [0.15, 0.2) is 5.82 Å². The summed E-state index contributed by atoms with van der Waals surface area (Å²) in [6.45, 7) is 17.5. The summed E-state index contributed by atoms with van der Waals surface area (Å²) in [5.41, 5.74) is 8.96. The summed E-state index contributed by atoms with van der Waals surface area (Å²) in [5, 5.41) is 4.17. The molecule has 3 aromatic carbocycles. The van der Waals surface area contributed by atoms with Crippen LogP contribution in [0.1, 0.15) is 43.0 Å². The molecule has 2 saturated heterocycles. The van der Waals surface area contributed by atoms with Crippen molar-refractivity contribution in [2.24, 2.45) is 0 Å². The summed E-state index contributed by atoms with van der Waals surface area (Å²) < 4.78 is 68.5. The van der Waals surface area contributed by atoms with Crippen LogP contribution >= 0.6 is 11.6 Å². The standard InChI is InChI=1S/C33H37F2N5O2.C16H11ClF2N2/c1-21-30(22-5-7-23(8-6-22)33(2,3)4)37-27-18-24(34)17-26(35)29(27)31(21)38-28-19-25(39-9-13-41-14-10-39)20-36-32(28)40-11-15-42-16-12-40;1-8-3-4-12(20-7-8)16-9(2)15(17)14-11(19)5-10(18)6-13(14)21-16/h5-8,17-20H,9-16H2,1-4H3,(H,37,38);3-7H,1-2H3. The van der Waals surface area contributed by atoms with Crippen LogP contribution in [-0.2, 0) is 14.9 Å². The van der Waals surface area contributed by atoms with Crippen molar-refractivity contribution >= 4 is 56.3 Å². The predicted octanol–water partition coefficient (Wildman–Crippen LogP) is 11.4. The molecule has 0 unspecified atom stereocenters. The van der Waals surface area contributed by atoms with Crippen molar-refractivity contribution < 1.29 is 27.0 Å². The molecule has 0 saturated carbocycles. The first kappa shape index (κ1) is 43.7. The fourth-order valence-electron chi connectivity index (χ4n) is 7.88. The molecule has 1 N–H and O–H groups in total. The number of aryl methyl sites for hydroxylation is 1. The summed E-state index contributed by atoms with van der Waals surface area (Å²) in [5.74, 6) is -1.97. The van der Waals surface area contributed by atoms with Crippen molar-refractivity contribution in [3.05, 3.63) is 130 Å². The van der Waals surface area contributed by atoms with Gasteiger partial charge in [0.2, 0.25) is 0 Å². The summed E-state index contributed by atoms with van der Waals surface area (Å²) in [4.78, 5) is 22.7. The molecule has 0 radical (unpaired) electrons. The number of aromatic nitrogens is 4. The first-order valence-electron chi connectivity index (χ1n) is 20.9. The second-order valence-corrected chi connectivity index (χ2v) is 17.2. The Hall–Kier alpha value is -5.89. The molecule has 2 fully saturated rings. The molecule has 0 bridgehead atoms. The smallest absolute Gasteiger partial charge is 0.152 e. The first-order chi connectivity index (χ1) is 30.2. The van der Waals surface area contributed by atoms with E-state index in [9.17, 15) is 13.2 Å². The highest BCUT2D eigenvalue weighted by molar-refractivity contribution is 6.36. The minimum Gasteiger partial charge on any atom is -0.378 e. The summed E-state index contributed by atoms with van der Waals surface area (Å²) in [6.07, 6.45) is 3.59. The molecule has 2 aliphatic heterocycles. The SMILES string of the molecule is Cc1c(-c2ccc(C(C)(C)C)cc2)nc2cc(F)cc(F)c2c1Nc1cc(N2CCOCC2)cnc1N1CCOCC1.Cc1ccc(-c2nc3cc(F)cc(F)c3c(Cl)c2C)nc1. The Morgan fingerprint density at radius 3 is 1.84 bits per heavy atom. The molecule has 2 aliphatic rings. The van der Waals surface area contributed by atoms with Gasteiger partial charge in [0.05, 0.1) is 93.6 Å². The van der Waals surface area contributed by atoms with Crippen molar-refractivity contribution in [3.63, 3.8) is 0 Å². The van der Waals surface area contributed by atoms with Crippen LogP contribution in [0.5, 0.6) is 0 Å². The van der Waals surface area contributed by atoms with Crippen LogP contribution < -0.4 is 15.1 Å². The number of hydrogen-bond acceptors (Lipinski definition) is 9. The number of fused-ring (bicyclic) bond motifs is 2. The van der Waals surface area contributed by atoms with Gasteiger partial charge in [-0.25, -0.2) is 32.5 Å². The van der Waals surface area contributed by atoms with Gasteiger partial charge in [0.25, 0.3) is 0 Å². The van der Waals surface area contributed by atoms with E-state index in [0.717, 1.165) is 59.1 Å². The number of nitrogens with one attached hydrogen (secondary N) is 1. The van der Waals surface area contributed by atoms with E-state index in [1.54, 1.807) is 13.1 Å². The Morgan fingerprint density at radius 2 is 1.24 bits per heavy atom. The molecule has 0 spiro atoms. The average Bonchev–Trinajstić information content (AvgIpc) is 3.26. The maximum Gasteiger partial charge on any atom is 0.152 e. The highest BCUT2D eigenvalue weighted by atomic mass is 35.5. The third kappa shape index (κ3) is 9.27. The van der Waals surface area contributed by atoms with Gasteiger partial charge in [-0.15, -0.1) is 0 Å². The number of ether oxygens (including phenoxy) is 2. The molecular formula is C49H48ClF4N7O2. The zero-order chi connectivity index (χ0) is 44.6. The van der Waals surface area contributed by atoms with E-state index < -0.39 is 23.3 Å². The average molecular weight is 878 g/mol. The Labute approximate surface area is 369 Å². The summed E-state index contributed by atoms with van der Waals surface area (Å²) in [6, 6.07) is 18.2. The highest BCUT2D eigenvalue weighted by Crippen LogP contribution is 2.41. The zero-order valence-electron chi connectivity index (χ0n) is 36.1. The second kappa shape index (κ2) is 18.1. The normalized spacial score (nSPS) is 14.5. The Kier molecular flexibility index (Phi) is 12.5. The van der Waals surface area contributed by atoms with Gasteiger partial charge in [-0.1, -0.05) is 62.7 Å². The second-order valence-electron chi connectivity index (χ2n) is 16.9. The number of morpholine rings is 2. The van der Waals surface area contributed by atoms with Crippen molar-refractivity contribution in [3.8, 4) is 22.6 Å². The van der Waals surface area contributed by atoms with Gasteiger partial charge < -0.3 is 24.6 Å². The molecule has 326 valence electrons. The van der Waals surface area contributed by atoms with E-state index in [2.05, 4.69) is 64.1 Å². The topological polar surface area (TPSA) is 88.5 Å². The van der Waals surface area contributed by atoms with Crippen molar-refractivity contribution in [1.82, 2.24) is 19.9 Å². The van der Waals surface area contributed by atoms with Crippen LogP contribution in [0.4, 0.5) is 40.4 Å². The van der Waals surface area contributed by atoms with E-state index in [-0.39, 0.29) is 32.2 Å². The summed E-state index contributed by atoms with van der Waals surface area (Å²) in [7, 11) is 0. The van der Waals surface area contributed by atoms with E-state index in [1.807, 2.05) is 44.3 Å². The van der Waals surface area contributed by atoms with Crippen LogP contribution in [0, 0.1) is 44.0 Å². The van der Waals surface area contributed by atoms with Crippen LogP contribution in [0.15, 0.2) is 79.1 Å². The third-order valence-electron chi connectivity index (χ3n) is 11.4. The monoisotopic (exact) mass is 877 g/mol. The van der Waals surface area contributed by atoms with Crippen molar-refractivity contribution in [2.75, 3.05) is 67.7 Å². The molecule has 9 rings (SSSR count). The van der Waals surface area contributed by atoms with Crippen LogP contribution in [-0.4, -0.2) is 72.5 Å². The fourth-order valence-corrected chi connectivity index (χ4v) is 8.16. The van der Waals surface area contributed by atoms with Gasteiger partial charge in [-0.05, 0) is 60.6 Å². The Balaban J connectivity index is 0.000000217. The minimum atomic E-state index is -0.714. The van der Waals surface area contributed by atoms with Gasteiger partial charge in [-0.2, -0.15) is 0 Å².